The number of nitrogens with two attached hydrogens (primary N) is 1. The van der Waals surface area contributed by atoms with Crippen molar-refractivity contribution in [3.63, 3.8) is 0 Å². The zero-order chi connectivity index (χ0) is 22.4. The third-order valence-electron chi connectivity index (χ3n) is 7.32. The zero-order valence-corrected chi connectivity index (χ0v) is 20.2. The first kappa shape index (κ1) is 23.1. The van der Waals surface area contributed by atoms with Gasteiger partial charge in [0.1, 0.15) is 5.82 Å². The van der Waals surface area contributed by atoms with E-state index in [1.54, 1.807) is 6.20 Å². The molecule has 34 heavy (non-hydrogen) atoms. The molecule has 2 aromatic heterocycles. The molecule has 6 nitrogen and oxygen atoms in total. The topological polar surface area (TPSA) is 84.1 Å². The van der Waals surface area contributed by atoms with E-state index in [4.69, 9.17) is 10.7 Å². The maximum absolute atomic E-state index is 12.2. The summed E-state index contributed by atoms with van der Waals surface area (Å²) >= 11 is 0. The number of nitrogens with zero attached hydrogens (tertiary/aromatic N) is 3. The molecule has 0 radical (unpaired) electrons. The number of benzene rings is 1. The van der Waals surface area contributed by atoms with Crippen LogP contribution in [0.4, 0.5) is 11.5 Å². The van der Waals surface area contributed by atoms with Gasteiger partial charge in [0.25, 0.3) is 0 Å². The van der Waals surface area contributed by atoms with Gasteiger partial charge in [-0.05, 0) is 85.9 Å². The molecule has 3 heterocycles. The number of fused-ring (bicyclic) bond motifs is 2. The van der Waals surface area contributed by atoms with Gasteiger partial charge in [-0.15, -0.1) is 12.4 Å². The minimum atomic E-state index is 0. The zero-order valence-electron chi connectivity index (χ0n) is 19.4. The van der Waals surface area contributed by atoms with Crippen LogP contribution in [0.25, 0.3) is 22.0 Å². The summed E-state index contributed by atoms with van der Waals surface area (Å²) in [5.74, 6) is 0.861. The highest BCUT2D eigenvalue weighted by Crippen LogP contribution is 2.39. The maximum Gasteiger partial charge on any atom is 0.228 e. The molecule has 0 spiro atoms. The van der Waals surface area contributed by atoms with Crippen LogP contribution in [-0.4, -0.2) is 35.0 Å². The van der Waals surface area contributed by atoms with Gasteiger partial charge >= 0.3 is 0 Å². The molecule has 2 aliphatic carbocycles. The number of amides is 1. The number of halogens is 1. The predicted molar refractivity (Wildman–Crippen MR) is 140 cm³/mol. The number of aromatic nitrogens is 2. The molecule has 1 saturated carbocycles. The third-order valence-corrected chi connectivity index (χ3v) is 7.32. The second-order valence-corrected chi connectivity index (χ2v) is 9.87. The van der Waals surface area contributed by atoms with Crippen LogP contribution in [0.3, 0.4) is 0 Å². The monoisotopic (exact) mass is 477 g/mol. The summed E-state index contributed by atoms with van der Waals surface area (Å²) in [6.07, 6.45) is 10.6. The van der Waals surface area contributed by atoms with E-state index in [1.165, 1.54) is 41.6 Å². The number of nitrogens with one attached hydrogen (secondary N) is 1. The van der Waals surface area contributed by atoms with Gasteiger partial charge in [-0.1, -0.05) is 12.5 Å². The summed E-state index contributed by atoms with van der Waals surface area (Å²) in [7, 11) is 0. The van der Waals surface area contributed by atoms with Crippen molar-refractivity contribution in [2.45, 2.75) is 57.4 Å². The molecule has 3 aliphatic rings. The van der Waals surface area contributed by atoms with Gasteiger partial charge in [0, 0.05) is 42.3 Å². The van der Waals surface area contributed by atoms with E-state index in [0.717, 1.165) is 61.8 Å². The molecular formula is C27H32ClN5O. The smallest absolute Gasteiger partial charge is 0.228 e. The first-order valence-electron chi connectivity index (χ1n) is 12.4. The molecule has 1 amide bonds. The van der Waals surface area contributed by atoms with E-state index in [1.807, 2.05) is 12.1 Å². The van der Waals surface area contributed by atoms with Gasteiger partial charge in [0.15, 0.2) is 0 Å². The van der Waals surface area contributed by atoms with Crippen LogP contribution in [0.2, 0.25) is 0 Å². The lowest BCUT2D eigenvalue weighted by molar-refractivity contribution is -0.117. The number of carbonyl (C=O) groups is 1. The normalized spacial score (nSPS) is 19.9. The number of pyridine rings is 2. The summed E-state index contributed by atoms with van der Waals surface area (Å²) in [4.78, 5) is 24.2. The fraction of sp³-hybridized carbons (Fsp3) is 0.444. The van der Waals surface area contributed by atoms with Gasteiger partial charge in [0.05, 0.1) is 11.2 Å². The highest BCUT2D eigenvalue weighted by atomic mass is 35.5. The Morgan fingerprint density at radius 3 is 2.65 bits per heavy atom. The van der Waals surface area contributed by atoms with Crippen LogP contribution in [0.15, 0.2) is 36.5 Å². The van der Waals surface area contributed by atoms with Crippen LogP contribution in [-0.2, 0) is 17.6 Å². The molecule has 178 valence electrons. The Balaban J connectivity index is 0.00000241. The highest BCUT2D eigenvalue weighted by Gasteiger charge is 2.30. The molecule has 0 bridgehead atoms. The molecule has 0 unspecified atom stereocenters. The Morgan fingerprint density at radius 2 is 1.85 bits per heavy atom. The van der Waals surface area contributed by atoms with Gasteiger partial charge in [-0.25, -0.2) is 4.98 Å². The van der Waals surface area contributed by atoms with Crippen molar-refractivity contribution >= 4 is 40.7 Å². The Kier molecular flexibility index (Phi) is 6.45. The summed E-state index contributed by atoms with van der Waals surface area (Å²) in [5, 5.41) is 4.19. The highest BCUT2D eigenvalue weighted by molar-refractivity contribution is 5.98. The molecule has 1 aliphatic heterocycles. The van der Waals surface area contributed by atoms with E-state index in [-0.39, 0.29) is 30.3 Å². The Bertz CT molecular complexity index is 1230. The number of carbonyl (C=O) groups excluding carboxylic acids is 1. The lowest BCUT2D eigenvalue weighted by atomic mass is 9.97. The molecule has 2 fully saturated rings. The van der Waals surface area contributed by atoms with Gasteiger partial charge < -0.3 is 16.0 Å². The van der Waals surface area contributed by atoms with Crippen LogP contribution >= 0.6 is 12.4 Å². The minimum absolute atomic E-state index is 0. The first-order valence-corrected chi connectivity index (χ1v) is 12.4. The van der Waals surface area contributed by atoms with E-state index in [0.29, 0.717) is 5.82 Å². The number of hydrogen-bond donors (Lipinski definition) is 2. The number of anilines is 2. The van der Waals surface area contributed by atoms with Crippen molar-refractivity contribution < 1.29 is 4.79 Å². The summed E-state index contributed by atoms with van der Waals surface area (Å²) in [6, 6.07) is 10.8. The SMILES string of the molecule is Cl.N[C@H]1CCN(c2c3c(nc4ccc(-c5ccnc(NC(=O)C6CC6)c5)cc24)CCCCC3)C1. The summed E-state index contributed by atoms with van der Waals surface area (Å²) < 4.78 is 0. The van der Waals surface area contributed by atoms with Crippen LogP contribution < -0.4 is 16.0 Å². The van der Waals surface area contributed by atoms with Crippen LogP contribution in [0.5, 0.6) is 0 Å². The van der Waals surface area contributed by atoms with Gasteiger partial charge in [-0.2, -0.15) is 0 Å². The molecule has 7 heteroatoms. The van der Waals surface area contributed by atoms with Crippen molar-refractivity contribution in [1.82, 2.24) is 9.97 Å². The maximum atomic E-state index is 12.2. The average Bonchev–Trinajstić information content (AvgIpc) is 3.62. The fourth-order valence-corrected chi connectivity index (χ4v) is 5.36. The van der Waals surface area contributed by atoms with Crippen molar-refractivity contribution in [3.8, 4) is 11.1 Å². The molecule has 1 atom stereocenters. The van der Waals surface area contributed by atoms with E-state index >= 15 is 0 Å². The van der Waals surface area contributed by atoms with Gasteiger partial charge in [0.2, 0.25) is 5.91 Å². The number of aryl methyl sites for hydroxylation is 1. The summed E-state index contributed by atoms with van der Waals surface area (Å²) in [5.41, 5.74) is 13.6. The van der Waals surface area contributed by atoms with Crippen LogP contribution in [0.1, 0.15) is 49.8 Å². The molecule has 1 saturated heterocycles. The standard InChI is InChI=1S/C27H31N5O.ClH/c28-20-11-13-32(16-20)26-21-4-2-1-3-5-23(21)30-24-9-8-18(14-22(24)26)19-10-12-29-25(15-19)31-27(33)17-6-7-17;/h8-10,12,14-15,17,20H,1-7,11,13,16,28H2,(H,29,31,33);1H/t20-;/m0./s1. The predicted octanol–water partition coefficient (Wildman–Crippen LogP) is 4.87. The van der Waals surface area contributed by atoms with E-state index in [2.05, 4.69) is 33.4 Å². The molecule has 1 aromatic carbocycles. The quantitative estimate of drug-likeness (QED) is 0.523. The van der Waals surface area contributed by atoms with Crippen molar-refractivity contribution in [1.29, 1.82) is 0 Å². The minimum Gasteiger partial charge on any atom is -0.369 e. The Labute approximate surface area is 206 Å². The number of rotatable bonds is 4. The van der Waals surface area contributed by atoms with E-state index in [9.17, 15) is 4.79 Å². The van der Waals surface area contributed by atoms with Gasteiger partial charge in [-0.3, -0.25) is 9.78 Å². The Hall–Kier alpha value is -2.70. The second-order valence-electron chi connectivity index (χ2n) is 9.87. The fourth-order valence-electron chi connectivity index (χ4n) is 5.36. The average molecular weight is 478 g/mol. The first-order chi connectivity index (χ1) is 16.2. The molecular weight excluding hydrogens is 446 g/mol. The Morgan fingerprint density at radius 1 is 1.03 bits per heavy atom. The largest absolute Gasteiger partial charge is 0.369 e. The lowest BCUT2D eigenvalue weighted by Gasteiger charge is -2.25. The number of hydrogen-bond acceptors (Lipinski definition) is 5. The molecule has 3 N–H and O–H groups in total. The molecule has 3 aromatic rings. The van der Waals surface area contributed by atoms with Crippen molar-refractivity contribution in [3.05, 3.63) is 47.8 Å². The molecule has 6 rings (SSSR count). The van der Waals surface area contributed by atoms with Crippen molar-refractivity contribution in [2.75, 3.05) is 23.3 Å². The van der Waals surface area contributed by atoms with Crippen molar-refractivity contribution in [2.24, 2.45) is 11.7 Å². The summed E-state index contributed by atoms with van der Waals surface area (Å²) in [6.45, 7) is 1.91. The second kappa shape index (κ2) is 9.51. The van der Waals surface area contributed by atoms with E-state index < -0.39 is 0 Å². The van der Waals surface area contributed by atoms with Crippen LogP contribution in [0, 0.1) is 5.92 Å². The lowest BCUT2D eigenvalue weighted by Crippen LogP contribution is -2.27. The third kappa shape index (κ3) is 4.49.